The van der Waals surface area contributed by atoms with Crippen LogP contribution in [0.5, 0.6) is 0 Å². The van der Waals surface area contributed by atoms with E-state index < -0.39 is 5.97 Å². The molecule has 2 heterocycles. The number of fused-ring (bicyclic) bond motifs is 1. The van der Waals surface area contributed by atoms with Crippen molar-refractivity contribution in [3.05, 3.63) is 77.7 Å². The van der Waals surface area contributed by atoms with Crippen LogP contribution in [0, 0.1) is 18.3 Å². The summed E-state index contributed by atoms with van der Waals surface area (Å²) in [7, 11) is 0. The predicted molar refractivity (Wildman–Crippen MR) is 108 cm³/mol. The second-order valence-corrected chi connectivity index (χ2v) is 6.41. The van der Waals surface area contributed by atoms with Crippen molar-refractivity contribution in [1.82, 2.24) is 9.97 Å². The lowest BCUT2D eigenvalue weighted by atomic mass is 10.0. The number of aryl methyl sites for hydroxylation is 1. The van der Waals surface area contributed by atoms with E-state index in [1.165, 1.54) is 12.3 Å². The normalized spacial score (nSPS) is 10.6. The zero-order valence-electron chi connectivity index (χ0n) is 15.0. The monoisotopic (exact) mass is 368 g/mol. The molecule has 0 saturated heterocycles. The van der Waals surface area contributed by atoms with Gasteiger partial charge in [-0.15, -0.1) is 0 Å². The SMILES string of the molecule is Cc1c(Nc2c(C#N)cncc2-c2cccc(C(=O)O)c2)ccc2[nH]ccc12. The summed E-state index contributed by atoms with van der Waals surface area (Å²) in [5.41, 5.74) is 5.44. The Morgan fingerprint density at radius 2 is 2.07 bits per heavy atom. The number of nitrogens with one attached hydrogen (secondary N) is 2. The van der Waals surface area contributed by atoms with E-state index in [0.717, 1.165) is 22.2 Å². The summed E-state index contributed by atoms with van der Waals surface area (Å²) in [5.74, 6) is -1.01. The van der Waals surface area contributed by atoms with Gasteiger partial charge in [-0.3, -0.25) is 4.98 Å². The largest absolute Gasteiger partial charge is 0.478 e. The van der Waals surface area contributed by atoms with Crippen molar-refractivity contribution in [2.45, 2.75) is 6.92 Å². The summed E-state index contributed by atoms with van der Waals surface area (Å²) in [4.78, 5) is 18.7. The quantitative estimate of drug-likeness (QED) is 0.478. The van der Waals surface area contributed by atoms with Gasteiger partial charge in [-0.25, -0.2) is 4.79 Å². The molecule has 0 saturated carbocycles. The highest BCUT2D eigenvalue weighted by atomic mass is 16.4. The number of pyridine rings is 1. The van der Waals surface area contributed by atoms with Crippen LogP contribution in [-0.2, 0) is 0 Å². The molecule has 0 atom stereocenters. The lowest BCUT2D eigenvalue weighted by Crippen LogP contribution is -2.01. The third-order valence-electron chi connectivity index (χ3n) is 4.75. The number of aromatic carboxylic acids is 1. The summed E-state index contributed by atoms with van der Waals surface area (Å²) in [6, 6.07) is 14.7. The Hall–Kier alpha value is -4.11. The first kappa shape index (κ1) is 17.3. The van der Waals surface area contributed by atoms with Gasteiger partial charge in [0.25, 0.3) is 0 Å². The Kier molecular flexibility index (Phi) is 4.26. The first-order valence-corrected chi connectivity index (χ1v) is 8.64. The average molecular weight is 368 g/mol. The minimum absolute atomic E-state index is 0.177. The fourth-order valence-corrected chi connectivity index (χ4v) is 3.27. The molecule has 0 amide bonds. The molecule has 2 aromatic heterocycles. The molecule has 28 heavy (non-hydrogen) atoms. The third-order valence-corrected chi connectivity index (χ3v) is 4.75. The summed E-state index contributed by atoms with van der Waals surface area (Å²) in [6.07, 6.45) is 5.02. The van der Waals surface area contributed by atoms with Gasteiger partial charge in [0.15, 0.2) is 0 Å². The molecule has 6 heteroatoms. The number of nitrogens with zero attached hydrogens (tertiary/aromatic N) is 2. The molecular weight excluding hydrogens is 352 g/mol. The predicted octanol–water partition coefficient (Wildman–Crippen LogP) is 4.85. The zero-order valence-corrected chi connectivity index (χ0v) is 15.0. The molecule has 0 fully saturated rings. The average Bonchev–Trinajstić information content (AvgIpc) is 3.20. The molecule has 0 aliphatic heterocycles. The van der Waals surface area contributed by atoms with E-state index in [4.69, 9.17) is 0 Å². The van der Waals surface area contributed by atoms with E-state index in [-0.39, 0.29) is 5.56 Å². The number of nitriles is 1. The topological polar surface area (TPSA) is 102 Å². The summed E-state index contributed by atoms with van der Waals surface area (Å²) in [6.45, 7) is 2.01. The van der Waals surface area contributed by atoms with Gasteiger partial charge in [0.2, 0.25) is 0 Å². The number of carbonyl (C=O) groups is 1. The maximum absolute atomic E-state index is 11.3. The highest BCUT2D eigenvalue weighted by Crippen LogP contribution is 2.35. The molecule has 0 aliphatic carbocycles. The van der Waals surface area contributed by atoms with E-state index in [1.807, 2.05) is 31.3 Å². The number of H-pyrrole nitrogens is 1. The van der Waals surface area contributed by atoms with Crippen molar-refractivity contribution in [3.63, 3.8) is 0 Å². The van der Waals surface area contributed by atoms with Crippen LogP contribution in [-0.4, -0.2) is 21.0 Å². The number of aromatic amines is 1. The first-order valence-electron chi connectivity index (χ1n) is 8.64. The number of rotatable bonds is 4. The summed E-state index contributed by atoms with van der Waals surface area (Å²) in [5, 5.41) is 23.3. The van der Waals surface area contributed by atoms with Crippen LogP contribution in [0.4, 0.5) is 11.4 Å². The number of hydrogen-bond acceptors (Lipinski definition) is 4. The third kappa shape index (κ3) is 2.95. The van der Waals surface area contributed by atoms with Gasteiger partial charge >= 0.3 is 5.97 Å². The summed E-state index contributed by atoms with van der Waals surface area (Å²) < 4.78 is 0. The molecule has 0 aliphatic rings. The molecule has 3 N–H and O–H groups in total. The fraction of sp³-hybridized carbons (Fsp3) is 0.0455. The molecule has 0 spiro atoms. The van der Waals surface area contributed by atoms with E-state index in [0.29, 0.717) is 22.4 Å². The number of aromatic nitrogens is 2. The number of carboxylic acid groups (broad SMARTS) is 1. The number of carboxylic acids is 1. The van der Waals surface area contributed by atoms with E-state index in [9.17, 15) is 15.2 Å². The second-order valence-electron chi connectivity index (χ2n) is 6.41. The molecule has 0 bridgehead atoms. The van der Waals surface area contributed by atoms with Crippen LogP contribution < -0.4 is 5.32 Å². The van der Waals surface area contributed by atoms with Crippen LogP contribution in [0.3, 0.4) is 0 Å². The maximum Gasteiger partial charge on any atom is 0.335 e. The maximum atomic E-state index is 11.3. The van der Waals surface area contributed by atoms with Crippen LogP contribution in [0.1, 0.15) is 21.5 Å². The Bertz CT molecular complexity index is 1250. The molecule has 136 valence electrons. The van der Waals surface area contributed by atoms with E-state index in [1.54, 1.807) is 24.4 Å². The van der Waals surface area contributed by atoms with Crippen LogP contribution in [0.25, 0.3) is 22.0 Å². The molecule has 6 nitrogen and oxygen atoms in total. The van der Waals surface area contributed by atoms with Gasteiger partial charge in [0.1, 0.15) is 6.07 Å². The molecule has 0 unspecified atom stereocenters. The van der Waals surface area contributed by atoms with Crippen LogP contribution in [0.15, 0.2) is 61.1 Å². The Morgan fingerprint density at radius 1 is 1.21 bits per heavy atom. The molecule has 0 radical (unpaired) electrons. The summed E-state index contributed by atoms with van der Waals surface area (Å²) >= 11 is 0. The van der Waals surface area contributed by atoms with Crippen molar-refractivity contribution in [3.8, 4) is 17.2 Å². The number of anilines is 2. The van der Waals surface area contributed by atoms with E-state index >= 15 is 0 Å². The van der Waals surface area contributed by atoms with Crippen LogP contribution in [0.2, 0.25) is 0 Å². The van der Waals surface area contributed by atoms with Gasteiger partial charge in [-0.1, -0.05) is 12.1 Å². The minimum atomic E-state index is -1.01. The second kappa shape index (κ2) is 6.89. The highest BCUT2D eigenvalue weighted by Gasteiger charge is 2.15. The lowest BCUT2D eigenvalue weighted by Gasteiger charge is -2.16. The Morgan fingerprint density at radius 3 is 2.86 bits per heavy atom. The van der Waals surface area contributed by atoms with Crippen molar-refractivity contribution >= 4 is 28.2 Å². The first-order chi connectivity index (χ1) is 13.6. The smallest absolute Gasteiger partial charge is 0.335 e. The zero-order chi connectivity index (χ0) is 19.7. The van der Waals surface area contributed by atoms with E-state index in [2.05, 4.69) is 21.4 Å². The Balaban J connectivity index is 1.86. The molecule has 4 aromatic rings. The van der Waals surface area contributed by atoms with Gasteiger partial charge in [0, 0.05) is 40.7 Å². The molecular formula is C22H16N4O2. The van der Waals surface area contributed by atoms with Crippen molar-refractivity contribution < 1.29 is 9.90 Å². The Labute approximate surface area is 161 Å². The molecule has 4 rings (SSSR count). The minimum Gasteiger partial charge on any atom is -0.478 e. The van der Waals surface area contributed by atoms with Gasteiger partial charge < -0.3 is 15.4 Å². The standard InChI is InChI=1S/C22H16N4O2/c1-13-17-7-8-25-20(17)6-5-19(13)26-21-16(10-23)11-24-12-18(21)14-3-2-4-15(9-14)22(27)28/h2-9,11-12,25H,1H3,(H,24,26)(H,27,28). The van der Waals surface area contributed by atoms with Crippen molar-refractivity contribution in [2.75, 3.05) is 5.32 Å². The van der Waals surface area contributed by atoms with Crippen LogP contribution >= 0.6 is 0 Å². The number of hydrogen-bond donors (Lipinski definition) is 3. The lowest BCUT2D eigenvalue weighted by molar-refractivity contribution is 0.0697. The van der Waals surface area contributed by atoms with Gasteiger partial charge in [-0.05, 0) is 48.4 Å². The number of benzene rings is 2. The highest BCUT2D eigenvalue weighted by molar-refractivity contribution is 5.93. The molecule has 2 aromatic carbocycles. The van der Waals surface area contributed by atoms with Crippen molar-refractivity contribution in [2.24, 2.45) is 0 Å². The van der Waals surface area contributed by atoms with Gasteiger partial charge in [0.05, 0.1) is 16.8 Å². The van der Waals surface area contributed by atoms with Crippen molar-refractivity contribution in [1.29, 1.82) is 5.26 Å². The fourth-order valence-electron chi connectivity index (χ4n) is 3.27. The van der Waals surface area contributed by atoms with Gasteiger partial charge in [-0.2, -0.15) is 5.26 Å².